The zero-order chi connectivity index (χ0) is 14.5. The Hall–Kier alpha value is -0.710. The van der Waals surface area contributed by atoms with Gasteiger partial charge in [-0.1, -0.05) is 28.1 Å². The highest BCUT2D eigenvalue weighted by Crippen LogP contribution is 2.35. The first-order valence-electron chi connectivity index (χ1n) is 7.13. The average Bonchev–Trinajstić information content (AvgIpc) is 3.27. The summed E-state index contributed by atoms with van der Waals surface area (Å²) < 4.78 is 6.16. The van der Waals surface area contributed by atoms with Crippen LogP contribution in [0.1, 0.15) is 30.1 Å². The molecule has 1 atom stereocenters. The maximum atomic E-state index is 12.4. The van der Waals surface area contributed by atoms with E-state index in [1.54, 1.807) is 7.11 Å². The molecule has 4 heteroatoms. The largest absolute Gasteiger partial charge is 0.383 e. The van der Waals surface area contributed by atoms with Gasteiger partial charge in [-0.15, -0.1) is 0 Å². The number of ether oxygens (including phenoxy) is 1. The summed E-state index contributed by atoms with van der Waals surface area (Å²) in [5, 5.41) is 0. The van der Waals surface area contributed by atoms with E-state index in [-0.39, 0.29) is 5.78 Å². The molecule has 20 heavy (non-hydrogen) atoms. The lowest BCUT2D eigenvalue weighted by Gasteiger charge is -2.28. The van der Waals surface area contributed by atoms with Gasteiger partial charge in [-0.3, -0.25) is 9.69 Å². The SMILES string of the molecule is COCCN(CC(=O)c1ccc(Br)cc1)C(C)C1CC1. The second-order valence-corrected chi connectivity index (χ2v) is 6.39. The number of rotatable bonds is 8. The number of Topliss-reactive ketones (excluding diaryl/α,β-unsaturated/α-hetero) is 1. The van der Waals surface area contributed by atoms with E-state index < -0.39 is 0 Å². The van der Waals surface area contributed by atoms with Crippen molar-refractivity contribution in [3.05, 3.63) is 34.3 Å². The van der Waals surface area contributed by atoms with E-state index in [0.717, 1.165) is 22.5 Å². The van der Waals surface area contributed by atoms with Crippen molar-refractivity contribution in [2.45, 2.75) is 25.8 Å². The zero-order valence-corrected chi connectivity index (χ0v) is 13.7. The number of carbonyl (C=O) groups excluding carboxylic acids is 1. The van der Waals surface area contributed by atoms with Crippen LogP contribution in [0.2, 0.25) is 0 Å². The molecule has 0 spiro atoms. The highest BCUT2D eigenvalue weighted by Gasteiger charge is 2.32. The molecule has 0 aliphatic heterocycles. The first-order valence-corrected chi connectivity index (χ1v) is 7.93. The third-order valence-corrected chi connectivity index (χ3v) is 4.50. The van der Waals surface area contributed by atoms with E-state index in [2.05, 4.69) is 27.8 Å². The molecule has 1 fully saturated rings. The molecule has 0 amide bonds. The standard InChI is InChI=1S/C16H22BrNO2/c1-12(13-3-4-13)18(9-10-20-2)11-16(19)14-5-7-15(17)8-6-14/h5-8,12-13H,3-4,9-11H2,1-2H3. The summed E-state index contributed by atoms with van der Waals surface area (Å²) in [6, 6.07) is 8.05. The summed E-state index contributed by atoms with van der Waals surface area (Å²) in [5.74, 6) is 0.936. The van der Waals surface area contributed by atoms with E-state index >= 15 is 0 Å². The van der Waals surface area contributed by atoms with E-state index in [4.69, 9.17) is 4.74 Å². The highest BCUT2D eigenvalue weighted by molar-refractivity contribution is 9.10. The van der Waals surface area contributed by atoms with Crippen molar-refractivity contribution in [1.82, 2.24) is 4.90 Å². The van der Waals surface area contributed by atoms with Crippen molar-refractivity contribution in [2.24, 2.45) is 5.92 Å². The Morgan fingerprint density at radius 2 is 2.05 bits per heavy atom. The minimum atomic E-state index is 0.182. The average molecular weight is 340 g/mol. The summed E-state index contributed by atoms with van der Waals surface area (Å²) in [6.07, 6.45) is 2.58. The highest BCUT2D eigenvalue weighted by atomic mass is 79.9. The molecule has 110 valence electrons. The molecule has 0 N–H and O–H groups in total. The van der Waals surface area contributed by atoms with Crippen LogP contribution < -0.4 is 0 Å². The number of hydrogen-bond donors (Lipinski definition) is 0. The van der Waals surface area contributed by atoms with Gasteiger partial charge in [-0.2, -0.15) is 0 Å². The zero-order valence-electron chi connectivity index (χ0n) is 12.1. The Morgan fingerprint density at radius 3 is 2.60 bits per heavy atom. The third kappa shape index (κ3) is 4.40. The Kier molecular flexibility index (Phi) is 5.75. The molecule has 1 aromatic rings. The number of hydrogen-bond acceptors (Lipinski definition) is 3. The molecule has 1 aliphatic rings. The van der Waals surface area contributed by atoms with E-state index in [9.17, 15) is 4.79 Å². The lowest BCUT2D eigenvalue weighted by Crippen LogP contribution is -2.40. The van der Waals surface area contributed by atoms with Crippen LogP contribution in [-0.4, -0.2) is 43.5 Å². The van der Waals surface area contributed by atoms with Crippen LogP contribution in [0, 0.1) is 5.92 Å². The van der Waals surface area contributed by atoms with E-state index in [1.807, 2.05) is 24.3 Å². The van der Waals surface area contributed by atoms with Gasteiger partial charge < -0.3 is 4.74 Å². The molecule has 2 rings (SSSR count). The van der Waals surface area contributed by atoms with Crippen LogP contribution in [0.5, 0.6) is 0 Å². The summed E-state index contributed by atoms with van der Waals surface area (Å²) in [5.41, 5.74) is 0.776. The fraction of sp³-hybridized carbons (Fsp3) is 0.562. The quantitative estimate of drug-likeness (QED) is 0.680. The minimum absolute atomic E-state index is 0.182. The fourth-order valence-corrected chi connectivity index (χ4v) is 2.69. The Labute approximate surface area is 129 Å². The van der Waals surface area contributed by atoms with Gasteiger partial charge in [-0.25, -0.2) is 0 Å². The molecule has 1 saturated carbocycles. The Balaban J connectivity index is 1.98. The van der Waals surface area contributed by atoms with Crippen molar-refractivity contribution in [2.75, 3.05) is 26.8 Å². The third-order valence-electron chi connectivity index (χ3n) is 3.98. The molecule has 0 saturated heterocycles. The van der Waals surface area contributed by atoms with Crippen LogP contribution in [0.4, 0.5) is 0 Å². The molecule has 0 radical (unpaired) electrons. The Bertz CT molecular complexity index is 442. The molecule has 0 heterocycles. The summed E-state index contributed by atoms with van der Waals surface area (Å²) >= 11 is 3.39. The number of ketones is 1. The number of halogens is 1. The van der Waals surface area contributed by atoms with Crippen LogP contribution in [0.25, 0.3) is 0 Å². The molecule has 1 aliphatic carbocycles. The van der Waals surface area contributed by atoms with Crippen LogP contribution in [0.3, 0.4) is 0 Å². The van der Waals surface area contributed by atoms with Gasteiger partial charge in [0, 0.05) is 29.7 Å². The molecular formula is C16H22BrNO2. The van der Waals surface area contributed by atoms with Crippen molar-refractivity contribution >= 4 is 21.7 Å². The van der Waals surface area contributed by atoms with Gasteiger partial charge in [0.25, 0.3) is 0 Å². The van der Waals surface area contributed by atoms with Crippen molar-refractivity contribution in [3.8, 4) is 0 Å². The van der Waals surface area contributed by atoms with Crippen molar-refractivity contribution in [1.29, 1.82) is 0 Å². The molecule has 0 aromatic heterocycles. The Morgan fingerprint density at radius 1 is 1.40 bits per heavy atom. The molecule has 0 bridgehead atoms. The minimum Gasteiger partial charge on any atom is -0.383 e. The van der Waals surface area contributed by atoms with Crippen LogP contribution in [-0.2, 0) is 4.74 Å². The summed E-state index contributed by atoms with van der Waals surface area (Å²) in [4.78, 5) is 14.6. The maximum absolute atomic E-state index is 12.4. The van der Waals surface area contributed by atoms with E-state index in [1.165, 1.54) is 12.8 Å². The van der Waals surface area contributed by atoms with Gasteiger partial charge in [-0.05, 0) is 37.8 Å². The van der Waals surface area contributed by atoms with Crippen LogP contribution in [0.15, 0.2) is 28.7 Å². The van der Waals surface area contributed by atoms with Gasteiger partial charge in [0.15, 0.2) is 5.78 Å². The van der Waals surface area contributed by atoms with Crippen molar-refractivity contribution in [3.63, 3.8) is 0 Å². The second-order valence-electron chi connectivity index (χ2n) is 5.47. The molecule has 3 nitrogen and oxygen atoms in total. The number of methoxy groups -OCH3 is 1. The molecule has 1 unspecified atom stereocenters. The lowest BCUT2D eigenvalue weighted by atomic mass is 10.1. The van der Waals surface area contributed by atoms with Gasteiger partial charge in [0.2, 0.25) is 0 Å². The maximum Gasteiger partial charge on any atom is 0.176 e. The number of benzene rings is 1. The number of nitrogens with zero attached hydrogens (tertiary/aromatic N) is 1. The summed E-state index contributed by atoms with van der Waals surface area (Å²) in [7, 11) is 1.70. The van der Waals surface area contributed by atoms with Gasteiger partial charge >= 0.3 is 0 Å². The molecule has 1 aromatic carbocycles. The predicted molar refractivity (Wildman–Crippen MR) is 84.1 cm³/mol. The first-order chi connectivity index (χ1) is 9.61. The fourth-order valence-electron chi connectivity index (χ4n) is 2.42. The monoisotopic (exact) mass is 339 g/mol. The smallest absolute Gasteiger partial charge is 0.176 e. The van der Waals surface area contributed by atoms with Gasteiger partial charge in [0.05, 0.1) is 13.2 Å². The number of carbonyl (C=O) groups is 1. The van der Waals surface area contributed by atoms with E-state index in [0.29, 0.717) is 19.2 Å². The van der Waals surface area contributed by atoms with Crippen LogP contribution >= 0.6 is 15.9 Å². The topological polar surface area (TPSA) is 29.5 Å². The first kappa shape index (κ1) is 15.7. The second kappa shape index (κ2) is 7.34. The predicted octanol–water partition coefficient (Wildman–Crippen LogP) is 3.38. The lowest BCUT2D eigenvalue weighted by molar-refractivity contribution is 0.0816. The normalized spacial score (nSPS) is 16.4. The molecular weight excluding hydrogens is 318 g/mol. The van der Waals surface area contributed by atoms with Crippen molar-refractivity contribution < 1.29 is 9.53 Å². The summed E-state index contributed by atoms with van der Waals surface area (Å²) in [6.45, 7) is 4.19. The van der Waals surface area contributed by atoms with Gasteiger partial charge in [0.1, 0.15) is 0 Å².